The highest BCUT2D eigenvalue weighted by atomic mass is 32.2. The number of hydrogen-bond acceptors (Lipinski definition) is 6. The van der Waals surface area contributed by atoms with Crippen LogP contribution in [0, 0.1) is 26.6 Å². The van der Waals surface area contributed by atoms with Crippen LogP contribution in [0.1, 0.15) is 68.8 Å². The highest BCUT2D eigenvalue weighted by Crippen LogP contribution is 2.22. The van der Waals surface area contributed by atoms with Crippen LogP contribution in [0.3, 0.4) is 0 Å². The molecule has 1 aromatic heterocycles. The maximum Gasteiger partial charge on any atom is 0.281 e. The van der Waals surface area contributed by atoms with Crippen LogP contribution in [0.5, 0.6) is 0 Å². The first-order chi connectivity index (χ1) is 20.4. The molecule has 9 heteroatoms. The van der Waals surface area contributed by atoms with Crippen molar-refractivity contribution in [2.24, 2.45) is 0 Å². The molecule has 43 heavy (non-hydrogen) atoms. The van der Waals surface area contributed by atoms with E-state index in [1.54, 1.807) is 24.9 Å². The Bertz CT molecular complexity index is 1320. The summed E-state index contributed by atoms with van der Waals surface area (Å²) < 4.78 is 13.6. The molecule has 1 atom stereocenters. The Kier molecular flexibility index (Phi) is 15.3. The predicted octanol–water partition coefficient (Wildman–Crippen LogP) is 6.90. The summed E-state index contributed by atoms with van der Waals surface area (Å²) in [5.41, 5.74) is 3.77. The number of amides is 2. The van der Waals surface area contributed by atoms with Crippen LogP contribution in [0.15, 0.2) is 48.7 Å². The van der Waals surface area contributed by atoms with Gasteiger partial charge in [0.2, 0.25) is 5.91 Å². The molecule has 0 radical (unpaired) electrons. The van der Waals surface area contributed by atoms with E-state index in [0.717, 1.165) is 49.0 Å². The van der Waals surface area contributed by atoms with E-state index in [1.165, 1.54) is 36.2 Å². The van der Waals surface area contributed by atoms with Gasteiger partial charge in [0.15, 0.2) is 0 Å². The monoisotopic (exact) mass is 610 g/mol. The van der Waals surface area contributed by atoms with Crippen molar-refractivity contribution >= 4 is 39.5 Å². The molecule has 0 spiro atoms. The third kappa shape index (κ3) is 12.8. The van der Waals surface area contributed by atoms with E-state index in [9.17, 15) is 18.8 Å². The van der Waals surface area contributed by atoms with Crippen LogP contribution in [0.25, 0.3) is 10.8 Å². The van der Waals surface area contributed by atoms with Gasteiger partial charge in [-0.2, -0.15) is 0 Å². The summed E-state index contributed by atoms with van der Waals surface area (Å²) in [5.74, 6) is 0.332. The number of nitrogens with zero attached hydrogens (tertiary/aromatic N) is 2. The van der Waals surface area contributed by atoms with Gasteiger partial charge in [0.1, 0.15) is 11.6 Å². The topological polar surface area (TPSA) is 91.4 Å². The fraction of sp³-hybridized carbons (Fsp3) is 0.471. The van der Waals surface area contributed by atoms with Crippen LogP contribution >= 0.6 is 11.8 Å². The first-order valence-electron chi connectivity index (χ1n) is 14.8. The first-order valence-corrected chi connectivity index (χ1v) is 15.8. The minimum atomic E-state index is -0.255. The number of aromatic nitrogens is 1. The Hall–Kier alpha value is -3.30. The number of carbonyl (C=O) groups is 3. The van der Waals surface area contributed by atoms with E-state index in [4.69, 9.17) is 0 Å². The van der Waals surface area contributed by atoms with Gasteiger partial charge < -0.3 is 20.3 Å². The smallest absolute Gasteiger partial charge is 0.281 e. The highest BCUT2D eigenvalue weighted by molar-refractivity contribution is 8.12. The van der Waals surface area contributed by atoms with Gasteiger partial charge in [0, 0.05) is 48.6 Å². The van der Waals surface area contributed by atoms with Crippen molar-refractivity contribution in [1.29, 1.82) is 0 Å². The van der Waals surface area contributed by atoms with E-state index in [1.807, 2.05) is 26.1 Å². The average Bonchev–Trinajstić information content (AvgIpc) is 2.96. The average molecular weight is 611 g/mol. The van der Waals surface area contributed by atoms with E-state index in [2.05, 4.69) is 46.8 Å². The normalized spacial score (nSPS) is 13.6. The Labute approximate surface area is 260 Å². The molecule has 2 aromatic carbocycles. The van der Waals surface area contributed by atoms with E-state index < -0.39 is 0 Å². The third-order valence-corrected chi connectivity index (χ3v) is 8.17. The number of Topliss-reactive ketones (excluding diaryl/α,β-unsaturated/α-hetero) is 1. The maximum atomic E-state index is 13.6. The minimum absolute atomic E-state index is 0.000579. The molecule has 0 bridgehead atoms. The molecular formula is C34H47FN4O3S. The number of benzene rings is 2. The van der Waals surface area contributed by atoms with Crippen molar-refractivity contribution < 1.29 is 18.8 Å². The molecule has 2 N–H and O–H groups in total. The van der Waals surface area contributed by atoms with E-state index >= 15 is 0 Å². The van der Waals surface area contributed by atoms with Gasteiger partial charge in [-0.3, -0.25) is 14.6 Å². The lowest BCUT2D eigenvalue weighted by atomic mass is 10.1. The van der Waals surface area contributed by atoms with Crippen molar-refractivity contribution in [2.45, 2.75) is 85.1 Å². The molecule has 1 aliphatic heterocycles. The molecule has 2 heterocycles. The van der Waals surface area contributed by atoms with Crippen LogP contribution in [-0.2, 0) is 15.3 Å². The molecular weight excluding hydrogens is 563 g/mol. The summed E-state index contributed by atoms with van der Waals surface area (Å²) in [6, 6.07) is 13.5. The van der Waals surface area contributed by atoms with Crippen LogP contribution < -0.4 is 10.6 Å². The molecule has 2 amide bonds. The number of hydrogen-bond donors (Lipinski definition) is 2. The predicted molar refractivity (Wildman–Crippen MR) is 176 cm³/mol. The molecule has 1 aliphatic rings. The molecule has 1 saturated heterocycles. The molecule has 0 aliphatic carbocycles. The number of nitrogens with one attached hydrogen (secondary N) is 2. The van der Waals surface area contributed by atoms with Crippen molar-refractivity contribution in [2.75, 3.05) is 20.1 Å². The Morgan fingerprint density at radius 2 is 1.74 bits per heavy atom. The zero-order valence-electron chi connectivity index (χ0n) is 26.6. The number of halogens is 1. The second kappa shape index (κ2) is 18.4. The van der Waals surface area contributed by atoms with Gasteiger partial charge >= 0.3 is 0 Å². The van der Waals surface area contributed by atoms with E-state index in [0.29, 0.717) is 24.2 Å². The highest BCUT2D eigenvalue weighted by Gasteiger charge is 2.23. The van der Waals surface area contributed by atoms with Crippen LogP contribution in [-0.4, -0.2) is 59.0 Å². The third-order valence-electron chi connectivity index (χ3n) is 7.18. The Morgan fingerprint density at radius 1 is 1.07 bits per heavy atom. The molecule has 234 valence electrons. The number of aryl methyl sites for hydroxylation is 2. The van der Waals surface area contributed by atoms with Gasteiger partial charge in [-0.05, 0) is 95.6 Å². The number of rotatable bonds is 7. The fourth-order valence-electron chi connectivity index (χ4n) is 4.59. The van der Waals surface area contributed by atoms with Gasteiger partial charge in [-0.1, -0.05) is 54.6 Å². The van der Waals surface area contributed by atoms with Gasteiger partial charge in [-0.25, -0.2) is 4.39 Å². The van der Waals surface area contributed by atoms with Gasteiger partial charge in [-0.15, -0.1) is 0 Å². The molecule has 3 aromatic rings. The summed E-state index contributed by atoms with van der Waals surface area (Å²) in [4.78, 5) is 40.2. The number of pyridine rings is 1. The molecule has 0 saturated carbocycles. The zero-order chi connectivity index (χ0) is 31.9. The SMILES string of the molecule is CC(C)=O.CCC(CC(=O)NC1CCNCC1)N(C)C(=O)SCc1cccc(F)c1C.Cc1ccc2cnc(C)cc2c1. The number of ketones is 1. The van der Waals surface area contributed by atoms with Crippen LogP contribution in [0.4, 0.5) is 9.18 Å². The van der Waals surface area contributed by atoms with Gasteiger partial charge in [0.05, 0.1) is 0 Å². The zero-order valence-corrected chi connectivity index (χ0v) is 27.4. The quantitative estimate of drug-likeness (QED) is 0.302. The molecule has 4 rings (SSSR count). The summed E-state index contributed by atoms with van der Waals surface area (Å²) in [7, 11) is 1.74. The Morgan fingerprint density at radius 3 is 2.40 bits per heavy atom. The second-order valence-electron chi connectivity index (χ2n) is 11.1. The molecule has 7 nitrogen and oxygen atoms in total. The molecule has 1 unspecified atom stereocenters. The van der Waals surface area contributed by atoms with Crippen molar-refractivity contribution in [3.63, 3.8) is 0 Å². The maximum absolute atomic E-state index is 13.6. The van der Waals surface area contributed by atoms with Crippen molar-refractivity contribution in [1.82, 2.24) is 20.5 Å². The summed E-state index contributed by atoms with van der Waals surface area (Å²) in [6.45, 7) is 12.7. The number of fused-ring (bicyclic) bond motifs is 1. The summed E-state index contributed by atoms with van der Waals surface area (Å²) >= 11 is 1.15. The lowest BCUT2D eigenvalue weighted by Gasteiger charge is -2.28. The summed E-state index contributed by atoms with van der Waals surface area (Å²) in [6.07, 6.45) is 4.83. The second-order valence-corrected chi connectivity index (χ2v) is 12.1. The van der Waals surface area contributed by atoms with Crippen molar-refractivity contribution in [3.05, 3.63) is 76.9 Å². The Balaban J connectivity index is 0.000000329. The summed E-state index contributed by atoms with van der Waals surface area (Å²) in [5, 5.41) is 8.76. The largest absolute Gasteiger partial charge is 0.353 e. The molecule has 1 fully saturated rings. The van der Waals surface area contributed by atoms with Crippen LogP contribution in [0.2, 0.25) is 0 Å². The standard InChI is InChI=1S/C20H30FN3O2S.C11H11N.C3H6O/c1-4-17(12-19(25)23-16-8-10-22-11-9-16)24(3)20(26)27-13-15-6-5-7-18(21)14(15)2;1-8-3-4-10-7-12-9(2)6-11(10)5-8;1-3(2)4/h5-7,16-17,22H,4,8-13H2,1-3H3,(H,23,25);3-7H,1-2H3;1-2H3. The van der Waals surface area contributed by atoms with Crippen molar-refractivity contribution in [3.8, 4) is 0 Å². The lowest BCUT2D eigenvalue weighted by molar-refractivity contribution is -0.123. The fourth-order valence-corrected chi connectivity index (χ4v) is 5.54. The first kappa shape index (κ1) is 35.9. The minimum Gasteiger partial charge on any atom is -0.353 e. The lowest BCUT2D eigenvalue weighted by Crippen LogP contribution is -2.45. The van der Waals surface area contributed by atoms with Gasteiger partial charge in [0.25, 0.3) is 5.24 Å². The number of piperidine rings is 1. The number of carbonyl (C=O) groups excluding carboxylic acids is 3. The van der Waals surface area contributed by atoms with E-state index in [-0.39, 0.29) is 34.8 Å². The number of thioether (sulfide) groups is 1.